The second kappa shape index (κ2) is 3.76. The van der Waals surface area contributed by atoms with E-state index in [9.17, 15) is 9.59 Å². The van der Waals surface area contributed by atoms with Gasteiger partial charge in [-0.2, -0.15) is 0 Å². The van der Waals surface area contributed by atoms with Crippen LogP contribution in [0.4, 0.5) is 10.6 Å². The number of carbonyl (C=O) groups is 2. The van der Waals surface area contributed by atoms with Crippen molar-refractivity contribution in [3.63, 3.8) is 0 Å². The van der Waals surface area contributed by atoms with Crippen molar-refractivity contribution in [3.8, 4) is 0 Å². The van der Waals surface area contributed by atoms with Gasteiger partial charge >= 0.3 is 6.03 Å². The lowest BCUT2D eigenvalue weighted by molar-refractivity contribution is -0.125. The van der Waals surface area contributed by atoms with Gasteiger partial charge in [-0.3, -0.25) is 9.69 Å². The highest BCUT2D eigenvalue weighted by atomic mass is 16.2. The maximum Gasteiger partial charge on any atom is 0.325 e. The number of nitrogens with zero attached hydrogens (tertiary/aromatic N) is 3. The molecule has 0 radical (unpaired) electrons. The molecule has 0 spiro atoms. The van der Waals surface area contributed by atoms with Crippen molar-refractivity contribution in [2.45, 2.75) is 13.5 Å². The number of urea groups is 1. The van der Waals surface area contributed by atoms with E-state index in [1.54, 1.807) is 13.0 Å². The van der Waals surface area contributed by atoms with Gasteiger partial charge in [0.15, 0.2) is 5.82 Å². The molecule has 1 aromatic heterocycles. The zero-order valence-electron chi connectivity index (χ0n) is 8.73. The molecule has 0 saturated carbocycles. The lowest BCUT2D eigenvalue weighted by atomic mass is 10.4. The summed E-state index contributed by atoms with van der Waals surface area (Å²) >= 11 is 0. The molecule has 1 aromatic rings. The number of aryl methyl sites for hydroxylation is 1. The van der Waals surface area contributed by atoms with E-state index in [0.29, 0.717) is 17.3 Å². The van der Waals surface area contributed by atoms with Crippen molar-refractivity contribution in [2.75, 3.05) is 12.3 Å². The Labute approximate surface area is 91.7 Å². The molecule has 16 heavy (non-hydrogen) atoms. The molecule has 3 N–H and O–H groups in total. The molecule has 3 amide bonds. The molecule has 7 nitrogen and oxygen atoms in total. The SMILES string of the molecule is Cc1cc(N)nc(CN2C(=O)CNC2=O)n1. The predicted octanol–water partition coefficient (Wildman–Crippen LogP) is -0.581. The molecule has 2 rings (SSSR count). The van der Waals surface area contributed by atoms with E-state index in [1.165, 1.54) is 0 Å². The minimum atomic E-state index is -0.423. The van der Waals surface area contributed by atoms with Crippen LogP contribution in [0.1, 0.15) is 11.5 Å². The van der Waals surface area contributed by atoms with Crippen LogP contribution in [-0.4, -0.2) is 33.4 Å². The van der Waals surface area contributed by atoms with Crippen LogP contribution in [0.25, 0.3) is 0 Å². The Hall–Kier alpha value is -2.18. The molecule has 1 fully saturated rings. The summed E-state index contributed by atoms with van der Waals surface area (Å²) in [6.07, 6.45) is 0. The number of hydrogen-bond donors (Lipinski definition) is 2. The minimum absolute atomic E-state index is 0.0279. The van der Waals surface area contributed by atoms with Crippen molar-refractivity contribution in [1.29, 1.82) is 0 Å². The normalized spacial score (nSPS) is 15.4. The number of amides is 3. The van der Waals surface area contributed by atoms with Crippen molar-refractivity contribution >= 4 is 17.8 Å². The van der Waals surface area contributed by atoms with E-state index < -0.39 is 6.03 Å². The number of carbonyl (C=O) groups excluding carboxylic acids is 2. The zero-order valence-corrected chi connectivity index (χ0v) is 8.73. The van der Waals surface area contributed by atoms with Gasteiger partial charge in [-0.15, -0.1) is 0 Å². The monoisotopic (exact) mass is 221 g/mol. The molecule has 0 aromatic carbocycles. The molecular weight excluding hydrogens is 210 g/mol. The van der Waals surface area contributed by atoms with Crippen LogP contribution in [0.5, 0.6) is 0 Å². The number of nitrogens with one attached hydrogen (secondary N) is 1. The van der Waals surface area contributed by atoms with E-state index in [0.717, 1.165) is 4.90 Å². The molecule has 1 aliphatic rings. The smallest absolute Gasteiger partial charge is 0.325 e. The molecule has 0 atom stereocenters. The van der Waals surface area contributed by atoms with Crippen molar-refractivity contribution < 1.29 is 9.59 Å². The Morgan fingerprint density at radius 1 is 1.50 bits per heavy atom. The summed E-state index contributed by atoms with van der Waals surface area (Å²) in [7, 11) is 0. The summed E-state index contributed by atoms with van der Waals surface area (Å²) in [5.41, 5.74) is 6.25. The summed E-state index contributed by atoms with van der Waals surface area (Å²) in [6.45, 7) is 1.85. The van der Waals surface area contributed by atoms with Crippen molar-refractivity contribution in [1.82, 2.24) is 20.2 Å². The zero-order chi connectivity index (χ0) is 11.7. The van der Waals surface area contributed by atoms with Crippen LogP contribution < -0.4 is 11.1 Å². The number of rotatable bonds is 2. The van der Waals surface area contributed by atoms with E-state index in [2.05, 4.69) is 15.3 Å². The second-order valence-corrected chi connectivity index (χ2v) is 3.49. The van der Waals surface area contributed by atoms with Gasteiger partial charge in [0.25, 0.3) is 0 Å². The summed E-state index contributed by atoms with van der Waals surface area (Å²) < 4.78 is 0. The van der Waals surface area contributed by atoms with Crippen molar-refractivity contribution in [2.24, 2.45) is 0 Å². The quantitative estimate of drug-likeness (QED) is 0.650. The van der Waals surface area contributed by atoms with E-state index >= 15 is 0 Å². The molecule has 0 aliphatic carbocycles. The van der Waals surface area contributed by atoms with Crippen LogP contribution in [0, 0.1) is 6.92 Å². The third kappa shape index (κ3) is 1.92. The van der Waals surface area contributed by atoms with Gasteiger partial charge in [-0.1, -0.05) is 0 Å². The van der Waals surface area contributed by atoms with Gasteiger partial charge in [0, 0.05) is 11.8 Å². The third-order valence-corrected chi connectivity index (χ3v) is 2.16. The van der Waals surface area contributed by atoms with Crippen LogP contribution in [0.15, 0.2) is 6.07 Å². The molecule has 2 heterocycles. The summed E-state index contributed by atoms with van der Waals surface area (Å²) in [5, 5.41) is 2.42. The van der Waals surface area contributed by atoms with Gasteiger partial charge < -0.3 is 11.1 Å². The van der Waals surface area contributed by atoms with Crippen molar-refractivity contribution in [3.05, 3.63) is 17.6 Å². The van der Waals surface area contributed by atoms with Gasteiger partial charge in [0.2, 0.25) is 5.91 Å². The molecule has 0 unspecified atom stereocenters. The molecule has 1 saturated heterocycles. The van der Waals surface area contributed by atoms with E-state index in [-0.39, 0.29) is 19.0 Å². The highest BCUT2D eigenvalue weighted by Gasteiger charge is 2.29. The van der Waals surface area contributed by atoms with E-state index in [4.69, 9.17) is 5.73 Å². The van der Waals surface area contributed by atoms with Crippen LogP contribution >= 0.6 is 0 Å². The molecular formula is C9H11N5O2. The van der Waals surface area contributed by atoms with E-state index in [1.807, 2.05) is 0 Å². The number of hydrogen-bond acceptors (Lipinski definition) is 5. The maximum atomic E-state index is 11.3. The number of anilines is 1. The number of aromatic nitrogens is 2. The minimum Gasteiger partial charge on any atom is -0.384 e. The van der Waals surface area contributed by atoms with Crippen LogP contribution in [-0.2, 0) is 11.3 Å². The largest absolute Gasteiger partial charge is 0.384 e. The topological polar surface area (TPSA) is 101 Å². The molecule has 1 aliphatic heterocycles. The highest BCUT2D eigenvalue weighted by Crippen LogP contribution is 2.07. The fourth-order valence-electron chi connectivity index (χ4n) is 1.48. The van der Waals surface area contributed by atoms with Gasteiger partial charge in [0.1, 0.15) is 5.82 Å². The first-order valence-corrected chi connectivity index (χ1v) is 4.74. The van der Waals surface area contributed by atoms with Crippen LogP contribution in [0.3, 0.4) is 0 Å². The van der Waals surface area contributed by atoms with Gasteiger partial charge in [-0.25, -0.2) is 14.8 Å². The second-order valence-electron chi connectivity index (χ2n) is 3.49. The van der Waals surface area contributed by atoms with Gasteiger partial charge in [0.05, 0.1) is 13.1 Å². The molecule has 0 bridgehead atoms. The Morgan fingerprint density at radius 2 is 2.25 bits per heavy atom. The average Bonchev–Trinajstić information content (AvgIpc) is 2.48. The fourth-order valence-corrected chi connectivity index (χ4v) is 1.48. The number of nitrogen functional groups attached to an aromatic ring is 1. The first-order chi connectivity index (χ1) is 7.56. The van der Waals surface area contributed by atoms with Gasteiger partial charge in [-0.05, 0) is 6.92 Å². The standard InChI is InChI=1S/C9H11N5O2/c1-5-2-6(10)13-7(12-5)4-14-8(15)3-11-9(14)16/h2H,3-4H2,1H3,(H,11,16)(H2,10,12,13). The molecule has 84 valence electrons. The Morgan fingerprint density at radius 3 is 2.81 bits per heavy atom. The lowest BCUT2D eigenvalue weighted by Gasteiger charge is -2.11. The summed E-state index contributed by atoms with van der Waals surface area (Å²) in [5.74, 6) is 0.408. The highest BCUT2D eigenvalue weighted by molar-refractivity contribution is 6.01. The fraction of sp³-hybridized carbons (Fsp3) is 0.333. The Balaban J connectivity index is 2.20. The number of imide groups is 1. The summed E-state index contributed by atoms with van der Waals surface area (Å²) in [4.78, 5) is 31.7. The maximum absolute atomic E-state index is 11.3. The Kier molecular flexibility index (Phi) is 2.43. The molecule has 7 heteroatoms. The average molecular weight is 221 g/mol. The summed E-state index contributed by atoms with van der Waals surface area (Å²) in [6, 6.07) is 1.20. The lowest BCUT2D eigenvalue weighted by Crippen LogP contribution is -2.31. The first-order valence-electron chi connectivity index (χ1n) is 4.74. The number of nitrogens with two attached hydrogens (primary N) is 1. The van der Waals surface area contributed by atoms with Crippen LogP contribution in [0.2, 0.25) is 0 Å². The first kappa shape index (κ1) is 10.3. The predicted molar refractivity (Wildman–Crippen MR) is 55.1 cm³/mol. The Bertz CT molecular complexity index is 423. The third-order valence-electron chi connectivity index (χ3n) is 2.16.